The van der Waals surface area contributed by atoms with Crippen molar-refractivity contribution in [2.45, 2.75) is 31.8 Å². The predicted molar refractivity (Wildman–Crippen MR) is 102 cm³/mol. The third-order valence-electron chi connectivity index (χ3n) is 5.18. The van der Waals surface area contributed by atoms with E-state index in [2.05, 4.69) is 5.32 Å². The molecule has 27 heavy (non-hydrogen) atoms. The topological polar surface area (TPSA) is 73.0 Å². The third-order valence-corrected chi connectivity index (χ3v) is 5.18. The number of nitrogens with one attached hydrogen (secondary N) is 1. The van der Waals surface area contributed by atoms with Gasteiger partial charge in [-0.1, -0.05) is 12.1 Å². The second-order valence-corrected chi connectivity index (χ2v) is 7.55. The van der Waals surface area contributed by atoms with E-state index in [0.717, 1.165) is 31.4 Å². The van der Waals surface area contributed by atoms with E-state index in [1.54, 1.807) is 21.9 Å². The molecular formula is C20H28N4O3. The van der Waals surface area contributed by atoms with Gasteiger partial charge >= 0.3 is 0 Å². The molecule has 2 aliphatic rings. The minimum Gasteiger partial charge on any atom is -0.351 e. The Kier molecular flexibility index (Phi) is 6.11. The Morgan fingerprint density at radius 3 is 2.63 bits per heavy atom. The Morgan fingerprint density at radius 1 is 1.19 bits per heavy atom. The number of piperidine rings is 1. The quantitative estimate of drug-likeness (QED) is 0.798. The summed E-state index contributed by atoms with van der Waals surface area (Å²) in [6.07, 6.45) is 2.73. The number of rotatable bonds is 6. The summed E-state index contributed by atoms with van der Waals surface area (Å²) in [5.41, 5.74) is 1.52. The van der Waals surface area contributed by atoms with Crippen LogP contribution in [0.4, 0.5) is 0 Å². The zero-order valence-electron chi connectivity index (χ0n) is 16.1. The molecule has 2 heterocycles. The number of piperazine rings is 1. The van der Waals surface area contributed by atoms with Crippen LogP contribution in [0.1, 0.15) is 35.2 Å². The molecular weight excluding hydrogens is 344 g/mol. The smallest absolute Gasteiger partial charge is 0.251 e. The van der Waals surface area contributed by atoms with Crippen molar-refractivity contribution in [2.24, 2.45) is 0 Å². The summed E-state index contributed by atoms with van der Waals surface area (Å²) in [4.78, 5) is 42.6. The monoisotopic (exact) mass is 372 g/mol. The van der Waals surface area contributed by atoms with Crippen LogP contribution in [0, 0.1) is 0 Å². The zero-order valence-corrected chi connectivity index (χ0v) is 16.1. The third kappa shape index (κ3) is 4.66. The highest BCUT2D eigenvalue weighted by Crippen LogP contribution is 2.24. The molecule has 7 heteroatoms. The molecule has 0 radical (unpaired) electrons. The molecule has 1 aromatic rings. The summed E-state index contributed by atoms with van der Waals surface area (Å²) in [5, 5.41) is 2.88. The second kappa shape index (κ2) is 8.52. The summed E-state index contributed by atoms with van der Waals surface area (Å²) in [5.74, 6) is -0.0264. The first kappa shape index (κ1) is 19.4. The fourth-order valence-electron chi connectivity index (χ4n) is 3.64. The molecule has 1 N–H and O–H groups in total. The van der Waals surface area contributed by atoms with Gasteiger partial charge in [0.1, 0.15) is 12.6 Å². The zero-order chi connectivity index (χ0) is 19.4. The Bertz CT molecular complexity index is 702. The van der Waals surface area contributed by atoms with Crippen molar-refractivity contribution in [1.29, 1.82) is 0 Å². The van der Waals surface area contributed by atoms with Crippen molar-refractivity contribution >= 4 is 17.7 Å². The molecule has 0 saturated carbocycles. The Morgan fingerprint density at radius 2 is 1.93 bits per heavy atom. The highest BCUT2D eigenvalue weighted by atomic mass is 16.2. The largest absolute Gasteiger partial charge is 0.351 e. The molecule has 0 spiro atoms. The van der Waals surface area contributed by atoms with E-state index in [1.165, 1.54) is 0 Å². The number of hydrogen-bond donors (Lipinski definition) is 1. The van der Waals surface area contributed by atoms with Gasteiger partial charge in [-0.05, 0) is 51.1 Å². The van der Waals surface area contributed by atoms with Crippen molar-refractivity contribution in [3.8, 4) is 0 Å². The average Bonchev–Trinajstić information content (AvgIpc) is 2.66. The van der Waals surface area contributed by atoms with E-state index in [-0.39, 0.29) is 30.3 Å². The van der Waals surface area contributed by atoms with Crippen LogP contribution < -0.4 is 5.32 Å². The molecule has 2 saturated heterocycles. The van der Waals surface area contributed by atoms with Crippen molar-refractivity contribution < 1.29 is 14.4 Å². The first-order valence-corrected chi connectivity index (χ1v) is 9.56. The van der Waals surface area contributed by atoms with E-state index in [9.17, 15) is 14.4 Å². The maximum absolute atomic E-state index is 12.7. The molecule has 7 nitrogen and oxygen atoms in total. The second-order valence-electron chi connectivity index (χ2n) is 7.55. The van der Waals surface area contributed by atoms with Gasteiger partial charge in [0.25, 0.3) is 5.91 Å². The van der Waals surface area contributed by atoms with Crippen molar-refractivity contribution in [3.05, 3.63) is 35.4 Å². The number of nitrogens with zero attached hydrogens (tertiary/aromatic N) is 3. The molecule has 146 valence electrons. The van der Waals surface area contributed by atoms with Crippen LogP contribution in [0.15, 0.2) is 24.3 Å². The van der Waals surface area contributed by atoms with Gasteiger partial charge < -0.3 is 20.0 Å². The molecule has 2 fully saturated rings. The number of hydrogen-bond acceptors (Lipinski definition) is 4. The van der Waals surface area contributed by atoms with E-state index < -0.39 is 0 Å². The highest BCUT2D eigenvalue weighted by molar-refractivity contribution is 5.95. The van der Waals surface area contributed by atoms with Crippen LogP contribution in [0.3, 0.4) is 0 Å². The lowest BCUT2D eigenvalue weighted by Crippen LogP contribution is -2.60. The van der Waals surface area contributed by atoms with Crippen LogP contribution >= 0.6 is 0 Å². The lowest BCUT2D eigenvalue weighted by molar-refractivity contribution is -0.158. The summed E-state index contributed by atoms with van der Waals surface area (Å²) < 4.78 is 0. The molecule has 3 amide bonds. The Labute approximate surface area is 160 Å². The number of fused-ring (bicyclic) bond motifs is 1. The number of carbonyl (C=O) groups is 3. The van der Waals surface area contributed by atoms with Gasteiger partial charge in [-0.2, -0.15) is 0 Å². The minimum absolute atomic E-state index is 0.0381. The molecule has 1 atom stereocenters. The summed E-state index contributed by atoms with van der Waals surface area (Å²) in [6, 6.07) is 6.95. The van der Waals surface area contributed by atoms with Crippen LogP contribution in [-0.4, -0.2) is 78.7 Å². The number of amides is 3. The lowest BCUT2D eigenvalue weighted by Gasteiger charge is -2.42. The predicted octanol–water partition coefficient (Wildman–Crippen LogP) is 0.701. The number of benzene rings is 1. The van der Waals surface area contributed by atoms with Gasteiger partial charge in [-0.3, -0.25) is 14.4 Å². The highest BCUT2D eigenvalue weighted by Gasteiger charge is 2.40. The molecule has 0 bridgehead atoms. The van der Waals surface area contributed by atoms with Crippen LogP contribution in [0.5, 0.6) is 0 Å². The van der Waals surface area contributed by atoms with Gasteiger partial charge in [0.15, 0.2) is 0 Å². The first-order valence-electron chi connectivity index (χ1n) is 9.56. The standard InChI is InChI=1S/C20H28N4O3/c1-22(2)12-10-21-19(26)16-8-6-15(7-9-16)13-23-14-18(25)24-11-4-3-5-17(24)20(23)27/h6-9,17H,3-5,10-14H2,1-2H3,(H,21,26). The maximum atomic E-state index is 12.7. The van der Waals surface area contributed by atoms with Crippen LogP contribution in [0.25, 0.3) is 0 Å². The Hall–Kier alpha value is -2.41. The molecule has 2 aliphatic heterocycles. The van der Waals surface area contributed by atoms with Gasteiger partial charge in [0.2, 0.25) is 11.8 Å². The maximum Gasteiger partial charge on any atom is 0.251 e. The Balaban J connectivity index is 1.58. The summed E-state index contributed by atoms with van der Waals surface area (Å²) in [7, 11) is 3.92. The van der Waals surface area contributed by atoms with Crippen molar-refractivity contribution in [1.82, 2.24) is 20.0 Å². The fourth-order valence-corrected chi connectivity index (χ4v) is 3.64. The van der Waals surface area contributed by atoms with Gasteiger partial charge in [0, 0.05) is 31.7 Å². The SMILES string of the molecule is CN(C)CCNC(=O)c1ccc(CN2CC(=O)N3CCCCC3C2=O)cc1. The van der Waals surface area contributed by atoms with E-state index >= 15 is 0 Å². The summed E-state index contributed by atoms with van der Waals surface area (Å²) in [6.45, 7) is 2.61. The van der Waals surface area contributed by atoms with E-state index in [0.29, 0.717) is 25.2 Å². The van der Waals surface area contributed by atoms with Crippen molar-refractivity contribution in [3.63, 3.8) is 0 Å². The molecule has 0 aliphatic carbocycles. The molecule has 3 rings (SSSR count). The first-order chi connectivity index (χ1) is 13.0. The normalized spacial score (nSPS) is 20.0. The average molecular weight is 372 g/mol. The van der Waals surface area contributed by atoms with Crippen LogP contribution in [-0.2, 0) is 16.1 Å². The minimum atomic E-state index is -0.290. The summed E-state index contributed by atoms with van der Waals surface area (Å²) >= 11 is 0. The number of carbonyl (C=O) groups excluding carboxylic acids is 3. The molecule has 0 aromatic heterocycles. The van der Waals surface area contributed by atoms with Gasteiger partial charge in [0.05, 0.1) is 0 Å². The van der Waals surface area contributed by atoms with Crippen molar-refractivity contribution in [2.75, 3.05) is 40.3 Å². The van der Waals surface area contributed by atoms with Gasteiger partial charge in [-0.15, -0.1) is 0 Å². The van der Waals surface area contributed by atoms with Gasteiger partial charge in [-0.25, -0.2) is 0 Å². The molecule has 1 unspecified atom stereocenters. The number of likely N-dealkylation sites (N-methyl/N-ethyl adjacent to an activating group) is 1. The van der Waals surface area contributed by atoms with Crippen LogP contribution in [0.2, 0.25) is 0 Å². The lowest BCUT2D eigenvalue weighted by atomic mass is 9.98. The fraction of sp³-hybridized carbons (Fsp3) is 0.550. The van der Waals surface area contributed by atoms with E-state index in [1.807, 2.05) is 31.1 Å². The van der Waals surface area contributed by atoms with E-state index in [4.69, 9.17) is 0 Å². The molecule has 1 aromatic carbocycles.